The summed E-state index contributed by atoms with van der Waals surface area (Å²) >= 11 is 12.7. The molecule has 1 fully saturated rings. The van der Waals surface area contributed by atoms with Crippen LogP contribution in [-0.4, -0.2) is 29.3 Å². The number of piperidine rings is 1. The molecule has 138 valence electrons. The van der Waals surface area contributed by atoms with E-state index in [0.717, 1.165) is 37.2 Å². The van der Waals surface area contributed by atoms with Crippen LogP contribution in [0.1, 0.15) is 25.3 Å². The Morgan fingerprint density at radius 1 is 1.36 bits per heavy atom. The number of rotatable bonds is 4. The molecule has 6 nitrogen and oxygen atoms in total. The van der Waals surface area contributed by atoms with E-state index in [0.29, 0.717) is 21.5 Å². The fourth-order valence-corrected chi connectivity index (χ4v) is 3.60. The largest absolute Gasteiger partial charge is 0.434 e. The Kier molecular flexibility index (Phi) is 6.79. The minimum atomic E-state index is -0.604. The zero-order chi connectivity index (χ0) is 17.3. The van der Waals surface area contributed by atoms with Crippen molar-refractivity contribution in [2.24, 2.45) is 5.92 Å². The van der Waals surface area contributed by atoms with E-state index in [1.807, 2.05) is 6.92 Å². The van der Waals surface area contributed by atoms with Gasteiger partial charge in [0.2, 0.25) is 5.89 Å². The fraction of sp³-hybridized carbons (Fsp3) is 0.500. The maximum Gasteiger partial charge on any atom is 0.434 e. The summed E-state index contributed by atoms with van der Waals surface area (Å²) in [5.41, 5.74) is 2.25. The molecular weight excluding hydrogens is 387 g/mol. The quantitative estimate of drug-likeness (QED) is 0.716. The summed E-state index contributed by atoms with van der Waals surface area (Å²) in [5, 5.41) is 13.9. The number of H-pyrrole nitrogens is 1. The van der Waals surface area contributed by atoms with Crippen LogP contribution in [0, 0.1) is 12.8 Å². The second kappa shape index (κ2) is 8.45. The van der Waals surface area contributed by atoms with Crippen molar-refractivity contribution in [3.8, 4) is 11.5 Å². The molecule has 1 aromatic heterocycles. The summed E-state index contributed by atoms with van der Waals surface area (Å²) in [6.07, 6.45) is 2.24. The summed E-state index contributed by atoms with van der Waals surface area (Å²) < 4.78 is 5.06. The zero-order valence-electron chi connectivity index (χ0n) is 14.0. The lowest BCUT2D eigenvalue weighted by Crippen LogP contribution is -2.36. The average Bonchev–Trinajstić information content (AvgIpc) is 3.01. The molecule has 25 heavy (non-hydrogen) atoms. The molecule has 3 N–H and O–H groups in total. The van der Waals surface area contributed by atoms with Crippen LogP contribution in [0.15, 0.2) is 15.3 Å². The first kappa shape index (κ1) is 20.1. The number of nitrogens with zero attached hydrogens (tertiary/aromatic N) is 1. The highest BCUT2D eigenvalue weighted by Gasteiger charge is 2.23. The van der Waals surface area contributed by atoms with Gasteiger partial charge in [0.1, 0.15) is 0 Å². The molecule has 2 heterocycles. The second-order valence-electron chi connectivity index (χ2n) is 6.16. The van der Waals surface area contributed by atoms with Gasteiger partial charge in [0, 0.05) is 11.6 Å². The molecule has 0 spiro atoms. The van der Waals surface area contributed by atoms with Crippen molar-refractivity contribution in [1.82, 2.24) is 15.5 Å². The highest BCUT2D eigenvalue weighted by Crippen LogP contribution is 2.39. The first-order valence-corrected chi connectivity index (χ1v) is 8.74. The predicted octanol–water partition coefficient (Wildman–Crippen LogP) is 3.87. The van der Waals surface area contributed by atoms with Gasteiger partial charge in [0.05, 0.1) is 15.7 Å². The van der Waals surface area contributed by atoms with Crippen LogP contribution in [-0.2, 0) is 0 Å². The Balaban J connectivity index is 0.00000225. The lowest BCUT2D eigenvalue weighted by molar-refractivity contribution is 0.343. The van der Waals surface area contributed by atoms with E-state index in [-0.39, 0.29) is 24.3 Å². The molecule has 9 heteroatoms. The molecule has 0 bridgehead atoms. The molecule has 1 aliphatic rings. The molecular formula is C16H21Cl3N4O2. The third-order valence-corrected chi connectivity index (χ3v) is 5.40. The number of nitrogens with one attached hydrogen (secondary N) is 3. The van der Waals surface area contributed by atoms with E-state index in [2.05, 4.69) is 27.8 Å². The Hall–Kier alpha value is -1.21. The van der Waals surface area contributed by atoms with Gasteiger partial charge in [-0.05, 0) is 57.3 Å². The molecule has 0 unspecified atom stereocenters. The molecule has 1 atom stereocenters. The standard InChI is InChI=1S/C16H20Cl2N4O2.ClH/c1-8-11(15-21-22-16(23)24-15)7-12(17)13(18)14(8)20-9(2)10-3-5-19-6-4-10;/h7,9-10,19-20H,3-6H2,1-2H3,(H,22,23);1H/t9-;/m0./s1. The maximum atomic E-state index is 11.2. The molecule has 0 aliphatic carbocycles. The van der Waals surface area contributed by atoms with Crippen LogP contribution < -0.4 is 16.4 Å². The van der Waals surface area contributed by atoms with E-state index >= 15 is 0 Å². The zero-order valence-corrected chi connectivity index (χ0v) is 16.3. The molecule has 0 amide bonds. The van der Waals surface area contributed by atoms with Crippen molar-refractivity contribution in [2.75, 3.05) is 18.4 Å². The van der Waals surface area contributed by atoms with Crippen molar-refractivity contribution in [1.29, 1.82) is 0 Å². The van der Waals surface area contributed by atoms with Crippen LogP contribution in [0.2, 0.25) is 10.0 Å². The average molecular weight is 408 g/mol. The molecule has 3 rings (SSSR count). The van der Waals surface area contributed by atoms with Gasteiger partial charge in [-0.25, -0.2) is 9.89 Å². The molecule has 0 radical (unpaired) electrons. The van der Waals surface area contributed by atoms with E-state index < -0.39 is 5.76 Å². The van der Waals surface area contributed by atoms with E-state index in [1.165, 1.54) is 0 Å². The topological polar surface area (TPSA) is 83.0 Å². The third kappa shape index (κ3) is 4.31. The fourth-order valence-electron chi connectivity index (χ4n) is 3.15. The lowest BCUT2D eigenvalue weighted by Gasteiger charge is -2.30. The predicted molar refractivity (Wildman–Crippen MR) is 103 cm³/mol. The Morgan fingerprint density at radius 2 is 2.04 bits per heavy atom. The van der Waals surface area contributed by atoms with Crippen molar-refractivity contribution in [3.05, 3.63) is 32.2 Å². The number of benzene rings is 1. The summed E-state index contributed by atoms with van der Waals surface area (Å²) in [7, 11) is 0. The van der Waals surface area contributed by atoms with Crippen molar-refractivity contribution >= 4 is 41.3 Å². The molecule has 2 aromatic rings. The van der Waals surface area contributed by atoms with Crippen molar-refractivity contribution in [3.63, 3.8) is 0 Å². The van der Waals surface area contributed by atoms with Gasteiger partial charge in [0.25, 0.3) is 0 Å². The number of halogens is 3. The normalized spacial score (nSPS) is 16.3. The van der Waals surface area contributed by atoms with E-state index in [1.54, 1.807) is 6.07 Å². The van der Waals surface area contributed by atoms with E-state index in [9.17, 15) is 4.79 Å². The number of aromatic nitrogens is 2. The molecule has 1 aliphatic heterocycles. The third-order valence-electron chi connectivity index (χ3n) is 4.61. The minimum Gasteiger partial charge on any atom is -0.388 e. The summed E-state index contributed by atoms with van der Waals surface area (Å²) in [4.78, 5) is 11.2. The van der Waals surface area contributed by atoms with Gasteiger partial charge in [-0.2, -0.15) is 0 Å². The lowest BCUT2D eigenvalue weighted by atomic mass is 9.91. The Morgan fingerprint density at radius 3 is 2.64 bits per heavy atom. The number of hydrogen-bond donors (Lipinski definition) is 3. The summed E-state index contributed by atoms with van der Waals surface area (Å²) in [6, 6.07) is 1.92. The molecule has 1 aromatic carbocycles. The Bertz CT molecular complexity index is 784. The number of aromatic amines is 1. The summed E-state index contributed by atoms with van der Waals surface area (Å²) in [6.45, 7) is 6.12. The van der Waals surface area contributed by atoms with Gasteiger partial charge in [-0.1, -0.05) is 23.2 Å². The van der Waals surface area contributed by atoms with Crippen molar-refractivity contribution < 1.29 is 4.42 Å². The first-order valence-electron chi connectivity index (χ1n) is 7.99. The molecule has 1 saturated heterocycles. The highest BCUT2D eigenvalue weighted by atomic mass is 35.5. The number of hydrogen-bond acceptors (Lipinski definition) is 5. The SMILES string of the molecule is Cc1c(-c2n[nH]c(=O)o2)cc(Cl)c(Cl)c1N[C@@H](C)C1CCNCC1.Cl. The van der Waals surface area contributed by atoms with E-state index in [4.69, 9.17) is 27.6 Å². The first-order chi connectivity index (χ1) is 11.5. The summed E-state index contributed by atoms with van der Waals surface area (Å²) in [5.74, 6) is 0.161. The smallest absolute Gasteiger partial charge is 0.388 e. The van der Waals surface area contributed by atoms with Crippen LogP contribution in [0.25, 0.3) is 11.5 Å². The van der Waals surface area contributed by atoms with Crippen molar-refractivity contribution in [2.45, 2.75) is 32.7 Å². The van der Waals surface area contributed by atoms with Gasteiger partial charge in [-0.15, -0.1) is 17.5 Å². The highest BCUT2D eigenvalue weighted by molar-refractivity contribution is 6.44. The Labute approximate surface area is 162 Å². The van der Waals surface area contributed by atoms with Gasteiger partial charge < -0.3 is 15.1 Å². The van der Waals surface area contributed by atoms with Gasteiger partial charge in [-0.3, -0.25) is 0 Å². The van der Waals surface area contributed by atoms with Crippen LogP contribution in [0.4, 0.5) is 5.69 Å². The van der Waals surface area contributed by atoms with Crippen LogP contribution >= 0.6 is 35.6 Å². The van der Waals surface area contributed by atoms with Crippen LogP contribution in [0.3, 0.4) is 0 Å². The monoisotopic (exact) mass is 406 g/mol. The number of anilines is 1. The second-order valence-corrected chi connectivity index (χ2v) is 6.94. The maximum absolute atomic E-state index is 11.2. The minimum absolute atomic E-state index is 0. The van der Waals surface area contributed by atoms with Gasteiger partial charge >= 0.3 is 5.76 Å². The van der Waals surface area contributed by atoms with Crippen LogP contribution in [0.5, 0.6) is 0 Å². The van der Waals surface area contributed by atoms with Gasteiger partial charge in [0.15, 0.2) is 0 Å². The molecule has 0 saturated carbocycles.